The fraction of sp³-hybridized carbons (Fsp3) is 0.429. The number of rotatable bonds is 7. The van der Waals surface area contributed by atoms with Gasteiger partial charge in [0.25, 0.3) is 0 Å². The van der Waals surface area contributed by atoms with E-state index in [2.05, 4.69) is 5.32 Å². The van der Waals surface area contributed by atoms with Gasteiger partial charge in [-0.3, -0.25) is 9.59 Å². The summed E-state index contributed by atoms with van der Waals surface area (Å²) in [6.07, 6.45) is 0.872. The second-order valence-electron chi connectivity index (χ2n) is 4.57. The van der Waals surface area contributed by atoms with Gasteiger partial charge in [0.1, 0.15) is 0 Å². The number of nitrogens with one attached hydrogen (secondary N) is 1. The topological polar surface area (TPSA) is 75.4 Å². The Morgan fingerprint density at radius 2 is 2.14 bits per heavy atom. The molecular formula is C14H20ClN3O2S. The normalized spacial score (nSPS) is 10.2. The summed E-state index contributed by atoms with van der Waals surface area (Å²) in [6, 6.07) is 5.24. The van der Waals surface area contributed by atoms with Gasteiger partial charge in [-0.2, -0.15) is 0 Å². The first-order valence-corrected chi connectivity index (χ1v) is 7.99. The third-order valence-electron chi connectivity index (χ3n) is 2.71. The van der Waals surface area contributed by atoms with Crippen LogP contribution in [0.1, 0.15) is 13.3 Å². The van der Waals surface area contributed by atoms with Crippen molar-refractivity contribution in [1.29, 1.82) is 0 Å². The van der Waals surface area contributed by atoms with Gasteiger partial charge in [0.2, 0.25) is 11.8 Å². The van der Waals surface area contributed by atoms with E-state index in [0.717, 1.165) is 11.3 Å². The molecule has 0 fully saturated rings. The second-order valence-corrected chi connectivity index (χ2v) is 6.03. The van der Waals surface area contributed by atoms with Gasteiger partial charge < -0.3 is 16.0 Å². The maximum atomic E-state index is 11.9. The number of hydrogen-bond acceptors (Lipinski definition) is 4. The summed E-state index contributed by atoms with van der Waals surface area (Å²) >= 11 is 7.28. The molecule has 1 aromatic carbocycles. The van der Waals surface area contributed by atoms with Crippen LogP contribution in [0, 0.1) is 0 Å². The number of amides is 2. The molecule has 0 aliphatic heterocycles. The van der Waals surface area contributed by atoms with Crippen LogP contribution >= 0.6 is 23.4 Å². The summed E-state index contributed by atoms with van der Waals surface area (Å²) < 4.78 is 0. The number of nitrogens with zero attached hydrogens (tertiary/aromatic N) is 1. The number of carbonyl (C=O) groups excluding carboxylic acids is 2. The molecule has 3 N–H and O–H groups in total. The highest BCUT2D eigenvalue weighted by Crippen LogP contribution is 2.26. The Balaban J connectivity index is 2.41. The van der Waals surface area contributed by atoms with Crippen molar-refractivity contribution < 1.29 is 9.59 Å². The minimum absolute atomic E-state index is 0.0713. The molecule has 0 bridgehead atoms. The number of halogens is 1. The van der Waals surface area contributed by atoms with Crippen LogP contribution in [-0.2, 0) is 9.59 Å². The van der Waals surface area contributed by atoms with Gasteiger partial charge in [0.05, 0.1) is 23.0 Å². The van der Waals surface area contributed by atoms with Gasteiger partial charge in [0, 0.05) is 18.5 Å². The third-order valence-corrected chi connectivity index (χ3v) is 4.02. The number of thioether (sulfide) groups is 1. The standard InChI is InChI=1S/C14H20ClN3O2S/c1-3-6-17-13(19)8-18(2)14(20)9-21-10-4-5-12(16)11(15)7-10/h4-5,7H,3,6,8-9,16H2,1-2H3,(H,17,19). The average Bonchev–Trinajstić information content (AvgIpc) is 2.45. The maximum absolute atomic E-state index is 11.9. The summed E-state index contributed by atoms with van der Waals surface area (Å²) in [7, 11) is 1.62. The van der Waals surface area contributed by atoms with E-state index in [9.17, 15) is 9.59 Å². The van der Waals surface area contributed by atoms with E-state index < -0.39 is 0 Å². The maximum Gasteiger partial charge on any atom is 0.239 e. The summed E-state index contributed by atoms with van der Waals surface area (Å²) in [6.45, 7) is 2.67. The van der Waals surface area contributed by atoms with Crippen molar-refractivity contribution in [2.75, 3.05) is 31.6 Å². The van der Waals surface area contributed by atoms with Crippen LogP contribution < -0.4 is 11.1 Å². The minimum atomic E-state index is -0.145. The van der Waals surface area contributed by atoms with Gasteiger partial charge in [-0.1, -0.05) is 18.5 Å². The van der Waals surface area contributed by atoms with Gasteiger partial charge in [-0.15, -0.1) is 11.8 Å². The second kappa shape index (κ2) is 8.79. The molecule has 0 aliphatic carbocycles. The molecule has 0 aliphatic rings. The average molecular weight is 330 g/mol. The van der Waals surface area contributed by atoms with E-state index in [1.165, 1.54) is 16.7 Å². The lowest BCUT2D eigenvalue weighted by molar-refractivity contribution is -0.132. The first-order chi connectivity index (χ1) is 9.93. The number of likely N-dealkylation sites (N-methyl/N-ethyl adjacent to an activating group) is 1. The number of anilines is 1. The highest BCUT2D eigenvalue weighted by atomic mass is 35.5. The minimum Gasteiger partial charge on any atom is -0.398 e. The van der Waals surface area contributed by atoms with Gasteiger partial charge in [0.15, 0.2) is 0 Å². The van der Waals surface area contributed by atoms with Crippen LogP contribution in [-0.4, -0.2) is 42.6 Å². The molecule has 116 valence electrons. The van der Waals surface area contributed by atoms with Crippen molar-refractivity contribution in [2.45, 2.75) is 18.2 Å². The summed E-state index contributed by atoms with van der Waals surface area (Å²) in [5.41, 5.74) is 6.14. The predicted octanol–water partition coefficient (Wildman–Crippen LogP) is 2.00. The Kier molecular flexibility index (Phi) is 7.39. The fourth-order valence-corrected chi connectivity index (χ4v) is 2.60. The predicted molar refractivity (Wildman–Crippen MR) is 87.5 cm³/mol. The molecule has 0 heterocycles. The van der Waals surface area contributed by atoms with E-state index in [1.807, 2.05) is 13.0 Å². The zero-order chi connectivity index (χ0) is 15.8. The lowest BCUT2D eigenvalue weighted by Gasteiger charge is -2.16. The van der Waals surface area contributed by atoms with E-state index >= 15 is 0 Å². The van der Waals surface area contributed by atoms with E-state index in [-0.39, 0.29) is 24.1 Å². The first kappa shape index (κ1) is 17.7. The largest absolute Gasteiger partial charge is 0.398 e. The number of hydrogen-bond donors (Lipinski definition) is 2. The molecule has 0 radical (unpaired) electrons. The molecule has 0 unspecified atom stereocenters. The Labute approximate surface area is 134 Å². The number of carbonyl (C=O) groups is 2. The molecule has 7 heteroatoms. The number of nitrogens with two attached hydrogens (primary N) is 1. The number of nitrogen functional groups attached to an aromatic ring is 1. The van der Waals surface area contributed by atoms with Crippen LogP contribution in [0.25, 0.3) is 0 Å². The van der Waals surface area contributed by atoms with Gasteiger partial charge in [-0.05, 0) is 24.6 Å². The van der Waals surface area contributed by atoms with E-state index in [1.54, 1.807) is 19.2 Å². The SMILES string of the molecule is CCCNC(=O)CN(C)C(=O)CSc1ccc(N)c(Cl)c1. The lowest BCUT2D eigenvalue weighted by atomic mass is 10.3. The Morgan fingerprint density at radius 3 is 2.76 bits per heavy atom. The van der Waals surface area contributed by atoms with Crippen LogP contribution in [0.2, 0.25) is 5.02 Å². The molecule has 21 heavy (non-hydrogen) atoms. The fourth-order valence-electron chi connectivity index (χ4n) is 1.48. The Hall–Kier alpha value is -1.40. The van der Waals surface area contributed by atoms with Crippen molar-refractivity contribution in [1.82, 2.24) is 10.2 Å². The van der Waals surface area contributed by atoms with Crippen molar-refractivity contribution >= 4 is 40.9 Å². The first-order valence-electron chi connectivity index (χ1n) is 6.62. The molecule has 5 nitrogen and oxygen atoms in total. The Bertz CT molecular complexity index is 511. The summed E-state index contributed by atoms with van der Waals surface area (Å²) in [4.78, 5) is 25.8. The molecule has 1 aromatic rings. The van der Waals surface area contributed by atoms with Crippen LogP contribution in [0.3, 0.4) is 0 Å². The molecule has 0 atom stereocenters. The summed E-state index contributed by atoms with van der Waals surface area (Å²) in [5.74, 6) is -0.00882. The Morgan fingerprint density at radius 1 is 1.43 bits per heavy atom. The van der Waals surface area contributed by atoms with Crippen LogP contribution in [0.5, 0.6) is 0 Å². The zero-order valence-corrected chi connectivity index (χ0v) is 13.8. The molecule has 1 rings (SSSR count). The highest BCUT2D eigenvalue weighted by Gasteiger charge is 2.13. The van der Waals surface area contributed by atoms with Crippen LogP contribution in [0.15, 0.2) is 23.1 Å². The molecule has 0 saturated carbocycles. The molecular weight excluding hydrogens is 310 g/mol. The smallest absolute Gasteiger partial charge is 0.239 e. The van der Waals surface area contributed by atoms with Crippen molar-refractivity contribution in [2.24, 2.45) is 0 Å². The monoisotopic (exact) mass is 329 g/mol. The lowest BCUT2D eigenvalue weighted by Crippen LogP contribution is -2.39. The quantitative estimate of drug-likeness (QED) is 0.592. The molecule has 0 saturated heterocycles. The van der Waals surface area contributed by atoms with Gasteiger partial charge in [-0.25, -0.2) is 0 Å². The van der Waals surface area contributed by atoms with Crippen molar-refractivity contribution in [3.8, 4) is 0 Å². The highest BCUT2D eigenvalue weighted by molar-refractivity contribution is 8.00. The zero-order valence-electron chi connectivity index (χ0n) is 12.2. The van der Waals surface area contributed by atoms with Crippen molar-refractivity contribution in [3.63, 3.8) is 0 Å². The number of benzene rings is 1. The summed E-state index contributed by atoms with van der Waals surface area (Å²) in [5, 5.41) is 3.21. The van der Waals surface area contributed by atoms with E-state index in [0.29, 0.717) is 17.3 Å². The molecule has 0 aromatic heterocycles. The van der Waals surface area contributed by atoms with Crippen molar-refractivity contribution in [3.05, 3.63) is 23.2 Å². The third kappa shape index (κ3) is 6.27. The molecule has 0 spiro atoms. The molecule has 2 amide bonds. The van der Waals surface area contributed by atoms with Gasteiger partial charge >= 0.3 is 0 Å². The van der Waals surface area contributed by atoms with E-state index in [4.69, 9.17) is 17.3 Å². The van der Waals surface area contributed by atoms with Crippen LogP contribution in [0.4, 0.5) is 5.69 Å².